The molecule has 6 rings (SSSR count). The predicted octanol–water partition coefficient (Wildman–Crippen LogP) is 0.273. The summed E-state index contributed by atoms with van der Waals surface area (Å²) >= 11 is 8.49. The molecule has 4 N–H and O–H groups in total. The number of thiocarbonyl (C=S) groups is 1. The SMILES string of the molecule is CC(C=c1s/c(=c2/s/c(=C3/SC(=S)N(CC(=O)O)C3=O)n(CC(=O)O)c2=O)n(CC(=O)O)c1=O)=C1Sc2cc3c(cc2N1CCCS(=O)(=O)O)OCO3. The second kappa shape index (κ2) is 14.8. The van der Waals surface area contributed by atoms with Gasteiger partial charge in [0, 0.05) is 23.6 Å². The zero-order valence-corrected chi connectivity index (χ0v) is 31.7. The van der Waals surface area contributed by atoms with Crippen LogP contribution in [0.15, 0.2) is 37.2 Å². The maximum atomic E-state index is 13.8. The van der Waals surface area contributed by atoms with Crippen LogP contribution in [0.4, 0.5) is 5.69 Å². The molecule has 2 aromatic heterocycles. The topological polar surface area (TPSA) is 252 Å². The highest BCUT2D eigenvalue weighted by molar-refractivity contribution is 8.30. The number of allylic oxidation sites excluding steroid dienone is 1. The second-order valence-electron chi connectivity index (χ2n) is 11.3. The summed E-state index contributed by atoms with van der Waals surface area (Å²) in [5.41, 5.74) is -0.602. The summed E-state index contributed by atoms with van der Waals surface area (Å²) in [7, 11) is -4.27. The fourth-order valence-corrected chi connectivity index (χ4v) is 10.9. The number of carbonyl (C=O) groups is 4. The van der Waals surface area contributed by atoms with Crippen LogP contribution in [-0.2, 0) is 42.4 Å². The molecular formula is C29H24N4O14S6. The average molecular weight is 845 g/mol. The largest absolute Gasteiger partial charge is 0.480 e. The molecule has 1 fully saturated rings. The summed E-state index contributed by atoms with van der Waals surface area (Å²) in [6, 6.07) is 3.47. The first-order chi connectivity index (χ1) is 24.9. The molecule has 3 aliphatic heterocycles. The molecule has 0 radical (unpaired) electrons. The van der Waals surface area contributed by atoms with Gasteiger partial charge in [0.25, 0.3) is 27.1 Å². The fourth-order valence-electron chi connectivity index (χ4n) is 5.41. The van der Waals surface area contributed by atoms with Crippen molar-refractivity contribution in [3.8, 4) is 11.5 Å². The number of anilines is 1. The van der Waals surface area contributed by atoms with Crippen LogP contribution in [0, 0.1) is 9.20 Å². The third-order valence-electron chi connectivity index (χ3n) is 7.57. The van der Waals surface area contributed by atoms with Gasteiger partial charge in [-0.1, -0.05) is 35.7 Å². The minimum Gasteiger partial charge on any atom is -0.480 e. The molecule has 5 heterocycles. The lowest BCUT2D eigenvalue weighted by Crippen LogP contribution is -2.35. The number of aliphatic carboxylic acids is 3. The van der Waals surface area contributed by atoms with E-state index < -0.39 is 70.4 Å². The molecule has 0 bridgehead atoms. The van der Waals surface area contributed by atoms with E-state index >= 15 is 0 Å². The van der Waals surface area contributed by atoms with Gasteiger partial charge in [-0.3, -0.25) is 47.4 Å². The number of benzene rings is 1. The Kier molecular flexibility index (Phi) is 10.7. The molecule has 53 heavy (non-hydrogen) atoms. The van der Waals surface area contributed by atoms with E-state index in [2.05, 4.69) is 0 Å². The van der Waals surface area contributed by atoms with Crippen LogP contribution in [0.3, 0.4) is 0 Å². The van der Waals surface area contributed by atoms with Crippen molar-refractivity contribution < 1.29 is 56.9 Å². The van der Waals surface area contributed by atoms with E-state index in [1.807, 2.05) is 0 Å². The first-order valence-electron chi connectivity index (χ1n) is 14.9. The molecule has 3 aliphatic rings. The zero-order valence-electron chi connectivity index (χ0n) is 26.8. The third-order valence-corrected chi connectivity index (χ3v) is 13.7. The summed E-state index contributed by atoms with van der Waals surface area (Å²) in [5, 5.41) is 29.1. The highest BCUT2D eigenvalue weighted by Crippen LogP contribution is 2.52. The molecule has 24 heteroatoms. The molecule has 18 nitrogen and oxygen atoms in total. The number of nitrogens with zero attached hydrogens (tertiary/aromatic N) is 4. The zero-order chi connectivity index (χ0) is 38.5. The first-order valence-corrected chi connectivity index (χ1v) is 20.2. The van der Waals surface area contributed by atoms with Gasteiger partial charge >= 0.3 is 17.9 Å². The van der Waals surface area contributed by atoms with Crippen molar-refractivity contribution in [1.82, 2.24) is 14.0 Å². The maximum Gasteiger partial charge on any atom is 0.323 e. The first kappa shape index (κ1) is 38.3. The number of amides is 1. The number of thiazole rings is 2. The molecule has 1 amide bonds. The standard InChI is InChI=1S/C29H24N4O14S6/c1-12(26-30(3-2-4-53(43,44)45)13-6-14-15(47-11-46-14)7-16(13)49-26)5-17-23(40)31(8-18(34)35)27(50-17)21-24(41)32(9-19(36)37)28(51-21)22-25(42)33(10-20(38)39)29(48)52-22/h5-7H,2-4,8-11H2,1H3,(H,34,35)(H,36,37)(H,38,39)(H,43,44,45)/b17-5?,26-12?,27-21+,28-22+. The molecule has 1 saturated heterocycles. The Labute approximate surface area is 317 Å². The van der Waals surface area contributed by atoms with Crippen molar-refractivity contribution in [1.29, 1.82) is 0 Å². The van der Waals surface area contributed by atoms with Gasteiger partial charge in [0.1, 0.15) is 42.7 Å². The van der Waals surface area contributed by atoms with Gasteiger partial charge in [-0.25, -0.2) is 0 Å². The molecule has 0 unspecified atom stereocenters. The summed E-state index contributed by atoms with van der Waals surface area (Å²) in [4.78, 5) is 79.0. The van der Waals surface area contributed by atoms with Gasteiger partial charge < -0.3 is 29.7 Å². The normalized spacial score (nSPS) is 18.3. The van der Waals surface area contributed by atoms with Crippen molar-refractivity contribution in [2.45, 2.75) is 31.3 Å². The maximum absolute atomic E-state index is 13.8. The number of carboxylic acid groups (broad SMARTS) is 3. The van der Waals surface area contributed by atoms with Gasteiger partial charge in [-0.15, -0.1) is 22.7 Å². The van der Waals surface area contributed by atoms with E-state index in [9.17, 15) is 57.1 Å². The lowest BCUT2D eigenvalue weighted by Gasteiger charge is -2.21. The Hall–Kier alpha value is -4.46. The van der Waals surface area contributed by atoms with Crippen molar-refractivity contribution in [2.24, 2.45) is 0 Å². The number of hydrogen-bond acceptors (Lipinski definition) is 16. The molecular weight excluding hydrogens is 821 g/mol. The van der Waals surface area contributed by atoms with Gasteiger partial charge in [-0.05, 0) is 25.0 Å². The Morgan fingerprint density at radius 1 is 0.887 bits per heavy atom. The Balaban J connectivity index is 1.57. The van der Waals surface area contributed by atoms with E-state index in [0.717, 1.165) is 30.3 Å². The number of thioether (sulfide) groups is 2. The van der Waals surface area contributed by atoms with Crippen molar-refractivity contribution in [2.75, 3.05) is 30.5 Å². The van der Waals surface area contributed by atoms with E-state index in [-0.39, 0.29) is 47.4 Å². The van der Waals surface area contributed by atoms with Crippen molar-refractivity contribution in [3.05, 3.63) is 61.8 Å². The lowest BCUT2D eigenvalue weighted by atomic mass is 10.2. The fraction of sp³-hybridized carbons (Fsp3) is 0.276. The van der Waals surface area contributed by atoms with E-state index in [1.165, 1.54) is 17.8 Å². The van der Waals surface area contributed by atoms with Crippen LogP contribution in [0.25, 0.3) is 11.0 Å². The highest BCUT2D eigenvalue weighted by Gasteiger charge is 2.36. The Morgan fingerprint density at radius 3 is 2.13 bits per heavy atom. The molecule has 1 aromatic carbocycles. The average Bonchev–Trinajstić information content (AvgIpc) is 3.86. The van der Waals surface area contributed by atoms with Crippen molar-refractivity contribution >= 4 is 113 Å². The summed E-state index contributed by atoms with van der Waals surface area (Å²) in [6.07, 6.45) is 1.50. The minimum absolute atomic E-state index is 0.0123. The molecule has 3 aromatic rings. The quantitative estimate of drug-likeness (QED) is 0.149. The van der Waals surface area contributed by atoms with E-state index in [0.29, 0.717) is 50.9 Å². The Bertz CT molecular complexity index is 2640. The predicted molar refractivity (Wildman–Crippen MR) is 196 cm³/mol. The molecule has 0 aliphatic carbocycles. The number of ether oxygens (including phenoxy) is 2. The molecule has 280 valence electrons. The van der Waals surface area contributed by atoms with Crippen LogP contribution in [0.1, 0.15) is 13.3 Å². The minimum atomic E-state index is -4.27. The summed E-state index contributed by atoms with van der Waals surface area (Å²) in [5.74, 6) is -4.69. The van der Waals surface area contributed by atoms with Crippen LogP contribution in [-0.4, -0.2) is 96.1 Å². The van der Waals surface area contributed by atoms with Gasteiger partial charge in [-0.2, -0.15) is 8.42 Å². The summed E-state index contributed by atoms with van der Waals surface area (Å²) in [6.45, 7) is -0.770. The number of carbonyl (C=O) groups excluding carboxylic acids is 1. The number of hydrogen-bond donors (Lipinski definition) is 4. The second-order valence-corrected chi connectivity index (χ2v) is 17.5. The van der Waals surface area contributed by atoms with E-state index in [4.69, 9.17) is 21.7 Å². The third kappa shape index (κ3) is 7.78. The van der Waals surface area contributed by atoms with Gasteiger partial charge in [0.2, 0.25) is 6.79 Å². The molecule has 0 saturated carbocycles. The summed E-state index contributed by atoms with van der Waals surface area (Å²) < 4.78 is 44.2. The molecule has 0 atom stereocenters. The number of carboxylic acids is 3. The Morgan fingerprint density at radius 2 is 1.51 bits per heavy atom. The van der Waals surface area contributed by atoms with Crippen LogP contribution >= 0.6 is 58.4 Å². The van der Waals surface area contributed by atoms with Crippen molar-refractivity contribution in [3.63, 3.8) is 0 Å². The number of fused-ring (bicyclic) bond motifs is 2. The highest BCUT2D eigenvalue weighted by atomic mass is 32.2. The van der Waals surface area contributed by atoms with Crippen LogP contribution in [0.2, 0.25) is 0 Å². The van der Waals surface area contributed by atoms with Crippen LogP contribution in [0.5, 0.6) is 11.5 Å². The van der Waals surface area contributed by atoms with E-state index in [1.54, 1.807) is 24.0 Å². The van der Waals surface area contributed by atoms with Gasteiger partial charge in [0.15, 0.2) is 11.5 Å². The smallest absolute Gasteiger partial charge is 0.323 e. The van der Waals surface area contributed by atoms with Gasteiger partial charge in [0.05, 0.1) is 21.0 Å². The lowest BCUT2D eigenvalue weighted by molar-refractivity contribution is -0.140. The van der Waals surface area contributed by atoms with Crippen LogP contribution < -0.4 is 34.7 Å². The number of rotatable bonds is 11. The monoisotopic (exact) mass is 844 g/mol. The molecule has 0 spiro atoms. The number of aromatic nitrogens is 2.